The van der Waals surface area contributed by atoms with Gasteiger partial charge in [-0.1, -0.05) is 6.42 Å². The third-order valence-corrected chi connectivity index (χ3v) is 3.16. The zero-order valence-corrected chi connectivity index (χ0v) is 9.13. The summed E-state index contributed by atoms with van der Waals surface area (Å²) in [6, 6.07) is 0.462. The van der Waals surface area contributed by atoms with Crippen LogP contribution in [0.4, 0.5) is 0 Å². The van der Waals surface area contributed by atoms with Crippen molar-refractivity contribution in [1.29, 1.82) is 0 Å². The fourth-order valence-corrected chi connectivity index (χ4v) is 2.22. The number of carbonyl (C=O) groups excluding carboxylic acids is 1. The van der Waals surface area contributed by atoms with Crippen LogP contribution < -0.4 is 10.6 Å². The largest absolute Gasteiger partial charge is 0.368 e. The Balaban J connectivity index is 1.65. The van der Waals surface area contributed by atoms with Crippen molar-refractivity contribution < 1.29 is 9.53 Å². The molecule has 2 N–H and O–H groups in total. The number of hydrogen-bond donors (Lipinski definition) is 2. The fourth-order valence-electron chi connectivity index (χ4n) is 2.22. The lowest BCUT2D eigenvalue weighted by atomic mass is 10.1. The third kappa shape index (κ3) is 3.18. The van der Waals surface area contributed by atoms with E-state index in [0.717, 1.165) is 32.5 Å². The molecule has 0 bridgehead atoms. The van der Waals surface area contributed by atoms with E-state index in [-0.39, 0.29) is 12.0 Å². The summed E-state index contributed by atoms with van der Waals surface area (Å²) in [6.07, 6.45) is 5.41. The Morgan fingerprint density at radius 1 is 1.33 bits per heavy atom. The Hall–Kier alpha value is -0.610. The molecule has 4 nitrogen and oxygen atoms in total. The third-order valence-electron chi connectivity index (χ3n) is 3.16. The maximum atomic E-state index is 11.6. The van der Waals surface area contributed by atoms with Gasteiger partial charge in [0, 0.05) is 19.2 Å². The highest BCUT2D eigenvalue weighted by molar-refractivity contribution is 5.80. The van der Waals surface area contributed by atoms with Crippen molar-refractivity contribution in [3.8, 4) is 0 Å². The molecule has 0 aromatic heterocycles. The van der Waals surface area contributed by atoms with Crippen LogP contribution in [-0.4, -0.2) is 37.7 Å². The van der Waals surface area contributed by atoms with Crippen LogP contribution in [0.1, 0.15) is 32.1 Å². The highest BCUT2D eigenvalue weighted by Crippen LogP contribution is 2.12. The monoisotopic (exact) mass is 212 g/mol. The molecule has 4 heteroatoms. The minimum Gasteiger partial charge on any atom is -0.368 e. The molecule has 0 aliphatic carbocycles. The van der Waals surface area contributed by atoms with Gasteiger partial charge >= 0.3 is 0 Å². The average molecular weight is 212 g/mol. The van der Waals surface area contributed by atoms with Crippen molar-refractivity contribution in [3.05, 3.63) is 0 Å². The molecule has 0 spiro atoms. The van der Waals surface area contributed by atoms with Crippen LogP contribution in [0.3, 0.4) is 0 Å². The van der Waals surface area contributed by atoms with Gasteiger partial charge in [0.05, 0.1) is 0 Å². The lowest BCUT2D eigenvalue weighted by molar-refractivity contribution is -0.130. The molecular weight excluding hydrogens is 192 g/mol. The topological polar surface area (TPSA) is 50.4 Å². The van der Waals surface area contributed by atoms with E-state index in [9.17, 15) is 4.79 Å². The van der Waals surface area contributed by atoms with E-state index in [1.165, 1.54) is 19.3 Å². The molecule has 2 aliphatic heterocycles. The molecule has 2 rings (SSSR count). The predicted molar refractivity (Wildman–Crippen MR) is 57.6 cm³/mol. The molecule has 0 saturated carbocycles. The number of carbonyl (C=O) groups is 1. The number of hydrogen-bond acceptors (Lipinski definition) is 3. The summed E-state index contributed by atoms with van der Waals surface area (Å²) in [5.41, 5.74) is 0. The minimum absolute atomic E-state index is 0.0693. The molecule has 2 unspecified atom stereocenters. The zero-order chi connectivity index (χ0) is 10.5. The van der Waals surface area contributed by atoms with Gasteiger partial charge in [0.15, 0.2) is 0 Å². The van der Waals surface area contributed by atoms with Crippen LogP contribution >= 0.6 is 0 Å². The van der Waals surface area contributed by atoms with Gasteiger partial charge in [0.2, 0.25) is 5.91 Å². The number of rotatable bonds is 3. The van der Waals surface area contributed by atoms with E-state index in [1.54, 1.807) is 0 Å². The van der Waals surface area contributed by atoms with Gasteiger partial charge in [-0.05, 0) is 32.2 Å². The molecule has 0 aromatic carbocycles. The minimum atomic E-state index is -0.186. The lowest BCUT2D eigenvalue weighted by Crippen LogP contribution is -2.45. The summed E-state index contributed by atoms with van der Waals surface area (Å²) >= 11 is 0. The lowest BCUT2D eigenvalue weighted by Gasteiger charge is -2.24. The van der Waals surface area contributed by atoms with Gasteiger partial charge in [0.1, 0.15) is 6.10 Å². The van der Waals surface area contributed by atoms with E-state index in [1.807, 2.05) is 0 Å². The van der Waals surface area contributed by atoms with Gasteiger partial charge in [-0.3, -0.25) is 4.79 Å². The van der Waals surface area contributed by atoms with Crippen molar-refractivity contribution in [3.63, 3.8) is 0 Å². The van der Waals surface area contributed by atoms with Crippen LogP contribution in [0.5, 0.6) is 0 Å². The highest BCUT2D eigenvalue weighted by Gasteiger charge is 2.24. The number of ether oxygens (including phenoxy) is 1. The average Bonchev–Trinajstić information content (AvgIpc) is 2.81. The summed E-state index contributed by atoms with van der Waals surface area (Å²) in [7, 11) is 0. The van der Waals surface area contributed by atoms with E-state index in [4.69, 9.17) is 4.74 Å². The first-order valence-corrected chi connectivity index (χ1v) is 5.99. The second-order valence-electron chi connectivity index (χ2n) is 4.39. The first-order chi connectivity index (χ1) is 7.36. The Morgan fingerprint density at radius 2 is 2.27 bits per heavy atom. The van der Waals surface area contributed by atoms with Crippen molar-refractivity contribution in [2.45, 2.75) is 44.2 Å². The predicted octanol–water partition coefficient (Wildman–Crippen LogP) is 0.424. The molecule has 15 heavy (non-hydrogen) atoms. The quantitative estimate of drug-likeness (QED) is 0.713. The van der Waals surface area contributed by atoms with Crippen molar-refractivity contribution in [1.82, 2.24) is 10.6 Å². The molecule has 0 aromatic rings. The Labute approximate surface area is 90.8 Å². The molecule has 86 valence electrons. The standard InChI is InChI=1S/C11H20N2O2/c14-11(10-5-3-7-15-10)13-8-9-4-1-2-6-12-9/h9-10,12H,1-8H2,(H,13,14). The van der Waals surface area contributed by atoms with Crippen LogP contribution in [0, 0.1) is 0 Å². The Morgan fingerprint density at radius 3 is 2.93 bits per heavy atom. The van der Waals surface area contributed by atoms with Gasteiger partial charge in [-0.25, -0.2) is 0 Å². The first-order valence-electron chi connectivity index (χ1n) is 5.99. The van der Waals surface area contributed by atoms with Crippen LogP contribution in [0.25, 0.3) is 0 Å². The van der Waals surface area contributed by atoms with E-state index < -0.39 is 0 Å². The normalized spacial score (nSPS) is 31.5. The molecule has 2 fully saturated rings. The molecule has 0 radical (unpaired) electrons. The fraction of sp³-hybridized carbons (Fsp3) is 0.909. The van der Waals surface area contributed by atoms with Gasteiger partial charge in [-0.15, -0.1) is 0 Å². The molecule has 2 heterocycles. The molecule has 1 amide bonds. The van der Waals surface area contributed by atoms with Crippen LogP contribution in [0.15, 0.2) is 0 Å². The summed E-state index contributed by atoms with van der Waals surface area (Å²) in [5, 5.41) is 6.38. The summed E-state index contributed by atoms with van der Waals surface area (Å²) < 4.78 is 5.32. The molecule has 2 aliphatic rings. The number of amides is 1. The smallest absolute Gasteiger partial charge is 0.249 e. The second-order valence-corrected chi connectivity index (χ2v) is 4.39. The highest BCUT2D eigenvalue weighted by atomic mass is 16.5. The van der Waals surface area contributed by atoms with E-state index in [0.29, 0.717) is 6.04 Å². The number of nitrogens with one attached hydrogen (secondary N) is 2. The maximum Gasteiger partial charge on any atom is 0.249 e. The van der Waals surface area contributed by atoms with E-state index >= 15 is 0 Å². The first kappa shape index (κ1) is 10.9. The summed E-state index contributed by atoms with van der Waals surface area (Å²) in [5.74, 6) is 0.0693. The summed E-state index contributed by atoms with van der Waals surface area (Å²) in [6.45, 7) is 2.57. The van der Waals surface area contributed by atoms with Gasteiger partial charge < -0.3 is 15.4 Å². The Kier molecular flexibility index (Phi) is 3.97. The van der Waals surface area contributed by atoms with Crippen LogP contribution in [-0.2, 0) is 9.53 Å². The molecule has 2 saturated heterocycles. The second kappa shape index (κ2) is 5.47. The number of piperidine rings is 1. The van der Waals surface area contributed by atoms with Crippen LogP contribution in [0.2, 0.25) is 0 Å². The SMILES string of the molecule is O=C(NCC1CCCCN1)C1CCCO1. The van der Waals surface area contributed by atoms with Crippen molar-refractivity contribution in [2.24, 2.45) is 0 Å². The molecular formula is C11H20N2O2. The zero-order valence-electron chi connectivity index (χ0n) is 9.13. The van der Waals surface area contributed by atoms with Gasteiger partial charge in [0.25, 0.3) is 0 Å². The van der Waals surface area contributed by atoms with Gasteiger partial charge in [-0.2, -0.15) is 0 Å². The Bertz CT molecular complexity index is 209. The van der Waals surface area contributed by atoms with Crippen molar-refractivity contribution in [2.75, 3.05) is 19.7 Å². The van der Waals surface area contributed by atoms with E-state index in [2.05, 4.69) is 10.6 Å². The maximum absolute atomic E-state index is 11.6. The summed E-state index contributed by atoms with van der Waals surface area (Å²) in [4.78, 5) is 11.6. The molecule has 2 atom stereocenters. The van der Waals surface area contributed by atoms with Crippen molar-refractivity contribution >= 4 is 5.91 Å².